The molecule has 1 aliphatic heterocycles. The molecule has 216 valence electrons. The number of carbonyl (C=O) groups is 1. The minimum absolute atomic E-state index is 0.256. The van der Waals surface area contributed by atoms with E-state index in [-0.39, 0.29) is 23.1 Å². The lowest BCUT2D eigenvalue weighted by Crippen LogP contribution is -2.43. The summed E-state index contributed by atoms with van der Waals surface area (Å²) in [4.78, 5) is 42.2. The van der Waals surface area contributed by atoms with Crippen molar-refractivity contribution < 1.29 is 9.53 Å². The number of carbonyl (C=O) groups excluding carboxylic acids is 1. The number of nitrogens with one attached hydrogen (secondary N) is 3. The maximum absolute atomic E-state index is 14.0. The first-order chi connectivity index (χ1) is 21.0. The van der Waals surface area contributed by atoms with Crippen molar-refractivity contribution in [3.63, 3.8) is 0 Å². The van der Waals surface area contributed by atoms with Gasteiger partial charge in [0.15, 0.2) is 5.65 Å². The standard InChI is InChI=1S/C32H30N8O3/c1-3-28(41)35-22-10-7-11-24(18-22)40-30-25(37-29(31(40)42)21-8-5-4-6-9-21)20-34-32(38-30)36-23-12-13-26(27(19-23)43-2)39-16-14-33-15-17-39/h3-13,18-20,33H,1,14-17H2,2H3,(H,35,41)(H,34,36,38). The Morgan fingerprint density at radius 3 is 2.58 bits per heavy atom. The van der Waals surface area contributed by atoms with Gasteiger partial charge in [-0.2, -0.15) is 4.98 Å². The molecule has 0 radical (unpaired) electrons. The molecule has 0 aliphatic carbocycles. The number of methoxy groups -OCH3 is 1. The summed E-state index contributed by atoms with van der Waals surface area (Å²) >= 11 is 0. The fourth-order valence-electron chi connectivity index (χ4n) is 5.03. The summed E-state index contributed by atoms with van der Waals surface area (Å²) in [5, 5.41) is 9.36. The summed E-state index contributed by atoms with van der Waals surface area (Å²) in [5.41, 5.74) is 4.04. The summed E-state index contributed by atoms with van der Waals surface area (Å²) < 4.78 is 7.19. The number of benzene rings is 3. The lowest BCUT2D eigenvalue weighted by Gasteiger charge is -2.30. The molecule has 1 fully saturated rings. The fraction of sp³-hybridized carbons (Fsp3) is 0.156. The van der Waals surface area contributed by atoms with Crippen LogP contribution in [0.1, 0.15) is 0 Å². The fourth-order valence-corrected chi connectivity index (χ4v) is 5.03. The molecule has 11 nitrogen and oxygen atoms in total. The van der Waals surface area contributed by atoms with E-state index in [0.717, 1.165) is 43.3 Å². The molecule has 5 aromatic rings. The summed E-state index contributed by atoms with van der Waals surface area (Å²) in [5.74, 6) is 0.654. The van der Waals surface area contributed by atoms with Crippen molar-refractivity contribution in [2.45, 2.75) is 0 Å². The summed E-state index contributed by atoms with van der Waals surface area (Å²) in [6.45, 7) is 7.13. The second kappa shape index (κ2) is 12.1. The molecule has 2 aromatic heterocycles. The Morgan fingerprint density at radius 1 is 1.00 bits per heavy atom. The number of anilines is 4. The highest BCUT2D eigenvalue weighted by molar-refractivity contribution is 5.99. The molecule has 1 aliphatic rings. The first kappa shape index (κ1) is 27.6. The van der Waals surface area contributed by atoms with Crippen LogP contribution >= 0.6 is 0 Å². The number of amides is 1. The van der Waals surface area contributed by atoms with Crippen LogP contribution in [0.4, 0.5) is 23.0 Å². The van der Waals surface area contributed by atoms with Gasteiger partial charge < -0.3 is 25.6 Å². The van der Waals surface area contributed by atoms with E-state index >= 15 is 0 Å². The number of aromatic nitrogens is 4. The van der Waals surface area contributed by atoms with Gasteiger partial charge in [-0.1, -0.05) is 43.0 Å². The Labute approximate surface area is 247 Å². The van der Waals surface area contributed by atoms with E-state index in [1.807, 2.05) is 48.5 Å². The second-order valence-corrected chi connectivity index (χ2v) is 9.86. The van der Waals surface area contributed by atoms with E-state index in [2.05, 4.69) is 37.4 Å². The van der Waals surface area contributed by atoms with E-state index in [1.54, 1.807) is 37.6 Å². The molecule has 11 heteroatoms. The Kier molecular flexibility index (Phi) is 7.79. The van der Waals surface area contributed by atoms with Crippen LogP contribution in [0.2, 0.25) is 0 Å². The minimum atomic E-state index is -0.363. The molecule has 3 aromatic carbocycles. The van der Waals surface area contributed by atoms with Gasteiger partial charge in [-0.15, -0.1) is 0 Å². The number of rotatable bonds is 8. The first-order valence-corrected chi connectivity index (χ1v) is 13.8. The number of hydrogen-bond acceptors (Lipinski definition) is 9. The van der Waals surface area contributed by atoms with Gasteiger partial charge in [-0.05, 0) is 36.4 Å². The molecule has 3 heterocycles. The van der Waals surface area contributed by atoms with Gasteiger partial charge in [0.05, 0.1) is 24.7 Å². The Balaban J connectivity index is 1.44. The number of hydrogen-bond donors (Lipinski definition) is 3. The summed E-state index contributed by atoms with van der Waals surface area (Å²) in [6, 6.07) is 22.1. The van der Waals surface area contributed by atoms with Crippen LogP contribution in [0.25, 0.3) is 28.1 Å². The maximum atomic E-state index is 14.0. The zero-order valence-corrected chi connectivity index (χ0v) is 23.6. The van der Waals surface area contributed by atoms with E-state index in [9.17, 15) is 9.59 Å². The van der Waals surface area contributed by atoms with Gasteiger partial charge in [0.2, 0.25) is 11.9 Å². The predicted molar refractivity (Wildman–Crippen MR) is 169 cm³/mol. The van der Waals surface area contributed by atoms with Crippen LogP contribution in [-0.2, 0) is 4.79 Å². The van der Waals surface area contributed by atoms with Crippen molar-refractivity contribution >= 4 is 40.1 Å². The minimum Gasteiger partial charge on any atom is -0.495 e. The zero-order chi connectivity index (χ0) is 29.8. The molecule has 6 rings (SSSR count). The molecule has 0 unspecified atom stereocenters. The van der Waals surface area contributed by atoms with Crippen LogP contribution in [0.15, 0.2) is 96.4 Å². The number of piperazine rings is 1. The lowest BCUT2D eigenvalue weighted by atomic mass is 10.1. The highest BCUT2D eigenvalue weighted by Crippen LogP contribution is 2.32. The van der Waals surface area contributed by atoms with E-state index in [4.69, 9.17) is 9.72 Å². The van der Waals surface area contributed by atoms with E-state index in [0.29, 0.717) is 28.1 Å². The Bertz CT molecular complexity index is 1870. The van der Waals surface area contributed by atoms with Crippen molar-refractivity contribution in [3.05, 3.63) is 102 Å². The molecule has 43 heavy (non-hydrogen) atoms. The van der Waals surface area contributed by atoms with Gasteiger partial charge in [0.1, 0.15) is 17.0 Å². The first-order valence-electron chi connectivity index (χ1n) is 13.8. The van der Waals surface area contributed by atoms with Crippen molar-refractivity contribution in [2.24, 2.45) is 0 Å². The molecular formula is C32H30N8O3. The van der Waals surface area contributed by atoms with Crippen LogP contribution in [0.3, 0.4) is 0 Å². The predicted octanol–water partition coefficient (Wildman–Crippen LogP) is 4.13. The van der Waals surface area contributed by atoms with Gasteiger partial charge in [-0.3, -0.25) is 14.2 Å². The molecule has 3 N–H and O–H groups in total. The Morgan fingerprint density at radius 2 is 1.81 bits per heavy atom. The normalized spacial score (nSPS) is 13.0. The van der Waals surface area contributed by atoms with Crippen LogP contribution < -0.4 is 31.1 Å². The molecule has 0 spiro atoms. The molecule has 0 bridgehead atoms. The van der Waals surface area contributed by atoms with Gasteiger partial charge in [0.25, 0.3) is 5.56 Å². The van der Waals surface area contributed by atoms with Crippen molar-refractivity contribution in [1.82, 2.24) is 24.8 Å². The third kappa shape index (κ3) is 5.79. The van der Waals surface area contributed by atoms with Gasteiger partial charge >= 0.3 is 0 Å². The number of ether oxygens (including phenoxy) is 1. The summed E-state index contributed by atoms with van der Waals surface area (Å²) in [7, 11) is 1.65. The average Bonchev–Trinajstić information content (AvgIpc) is 3.05. The largest absolute Gasteiger partial charge is 0.495 e. The number of fused-ring (bicyclic) bond motifs is 1. The Hall–Kier alpha value is -5.55. The van der Waals surface area contributed by atoms with Crippen molar-refractivity contribution in [1.29, 1.82) is 0 Å². The van der Waals surface area contributed by atoms with Gasteiger partial charge in [0, 0.05) is 49.2 Å². The number of nitrogens with zero attached hydrogens (tertiary/aromatic N) is 5. The quantitative estimate of drug-likeness (QED) is 0.235. The highest BCUT2D eigenvalue weighted by Gasteiger charge is 2.18. The van der Waals surface area contributed by atoms with Gasteiger partial charge in [-0.25, -0.2) is 9.97 Å². The van der Waals surface area contributed by atoms with Crippen molar-refractivity contribution in [2.75, 3.05) is 48.8 Å². The van der Waals surface area contributed by atoms with Crippen molar-refractivity contribution in [3.8, 4) is 22.7 Å². The molecule has 0 saturated carbocycles. The summed E-state index contributed by atoms with van der Waals surface area (Å²) in [6.07, 6.45) is 2.77. The molecule has 1 saturated heterocycles. The second-order valence-electron chi connectivity index (χ2n) is 9.86. The van der Waals surface area contributed by atoms with E-state index < -0.39 is 0 Å². The SMILES string of the molecule is C=CC(=O)Nc1cccc(-n2c(=O)c(-c3ccccc3)nc3cnc(Nc4ccc(N5CCNCC5)c(OC)c4)nc32)c1. The van der Waals surface area contributed by atoms with E-state index in [1.165, 1.54) is 10.6 Å². The van der Waals surface area contributed by atoms with Crippen LogP contribution in [0, 0.1) is 0 Å². The molecule has 1 amide bonds. The van der Waals surface area contributed by atoms with Crippen LogP contribution in [0.5, 0.6) is 5.75 Å². The average molecular weight is 575 g/mol. The smallest absolute Gasteiger partial charge is 0.283 e. The monoisotopic (exact) mass is 574 g/mol. The molecular weight excluding hydrogens is 544 g/mol. The third-order valence-electron chi connectivity index (χ3n) is 7.10. The zero-order valence-electron chi connectivity index (χ0n) is 23.6. The molecule has 0 atom stereocenters. The highest BCUT2D eigenvalue weighted by atomic mass is 16.5. The third-order valence-corrected chi connectivity index (χ3v) is 7.10. The maximum Gasteiger partial charge on any atom is 0.283 e. The topological polar surface area (TPSA) is 126 Å². The van der Waals surface area contributed by atoms with Crippen LogP contribution in [-0.4, -0.2) is 58.7 Å². The lowest BCUT2D eigenvalue weighted by molar-refractivity contribution is -0.111.